The number of nitrogens with two attached hydrogens (primary N) is 1. The van der Waals surface area contributed by atoms with Crippen LogP contribution < -0.4 is 10.6 Å². The smallest absolute Gasteiger partial charge is 0.316 e. The molecule has 0 unspecified atom stereocenters. The van der Waals surface area contributed by atoms with Gasteiger partial charge in [0.2, 0.25) is 0 Å². The van der Waals surface area contributed by atoms with Crippen molar-refractivity contribution in [1.29, 1.82) is 0 Å². The number of amides is 2. The molecule has 0 spiro atoms. The minimum Gasteiger partial charge on any atom is -0.336 e. The first kappa shape index (κ1) is 14.2. The van der Waals surface area contributed by atoms with Gasteiger partial charge in [0, 0.05) is 32.1 Å². The molecule has 1 aromatic carbocycles. The van der Waals surface area contributed by atoms with Crippen LogP contribution in [0.5, 0.6) is 0 Å². The number of nitrogens with zero attached hydrogens (tertiary/aromatic N) is 2. The Morgan fingerprint density at radius 2 is 1.90 bits per heavy atom. The predicted octanol–water partition coefficient (Wildman–Crippen LogP) is 0.0231. The number of likely N-dealkylation sites (N-methyl/N-ethyl adjacent to an activating group) is 1. The summed E-state index contributed by atoms with van der Waals surface area (Å²) in [5.41, 5.74) is 6.32. The Balaban J connectivity index is 2.36. The van der Waals surface area contributed by atoms with Gasteiger partial charge in [-0.25, -0.2) is 0 Å². The molecule has 1 heterocycles. The summed E-state index contributed by atoms with van der Waals surface area (Å²) in [6.07, 6.45) is 0.215. The lowest BCUT2D eigenvalue weighted by Gasteiger charge is -2.32. The van der Waals surface area contributed by atoms with E-state index in [1.165, 1.54) is 9.80 Å². The first-order chi connectivity index (χ1) is 9.56. The van der Waals surface area contributed by atoms with E-state index in [9.17, 15) is 14.4 Å². The molecule has 6 nitrogen and oxygen atoms in total. The number of carbonyl (C=O) groups is 3. The van der Waals surface area contributed by atoms with Crippen molar-refractivity contribution < 1.29 is 14.4 Å². The number of hydrogen-bond donors (Lipinski definition) is 1. The fourth-order valence-corrected chi connectivity index (χ4v) is 2.17. The molecule has 1 saturated heterocycles. The summed E-state index contributed by atoms with van der Waals surface area (Å²) in [7, 11) is 1.59. The van der Waals surface area contributed by atoms with E-state index in [4.69, 9.17) is 5.73 Å². The monoisotopic (exact) mass is 275 g/mol. The van der Waals surface area contributed by atoms with Crippen LogP contribution in [0, 0.1) is 0 Å². The Hall–Kier alpha value is -2.21. The molecule has 2 amide bonds. The molecule has 1 aliphatic rings. The van der Waals surface area contributed by atoms with E-state index < -0.39 is 11.8 Å². The maximum absolute atomic E-state index is 12.1. The second-order valence-electron chi connectivity index (χ2n) is 4.66. The summed E-state index contributed by atoms with van der Waals surface area (Å²) in [5.74, 6) is -1.29. The highest BCUT2D eigenvalue weighted by Gasteiger charge is 2.32. The highest BCUT2D eigenvalue weighted by Crippen LogP contribution is 2.23. The SMILES string of the molecule is CN1CCN(c2ccccc2C(=O)CCN)C(=O)C1=O. The van der Waals surface area contributed by atoms with Crippen LogP contribution in [0.3, 0.4) is 0 Å². The van der Waals surface area contributed by atoms with Gasteiger partial charge in [-0.15, -0.1) is 0 Å². The number of anilines is 1. The molecule has 20 heavy (non-hydrogen) atoms. The van der Waals surface area contributed by atoms with Gasteiger partial charge < -0.3 is 15.5 Å². The number of carbonyl (C=O) groups excluding carboxylic acids is 3. The molecule has 0 saturated carbocycles. The van der Waals surface area contributed by atoms with Gasteiger partial charge in [-0.05, 0) is 18.7 Å². The summed E-state index contributed by atoms with van der Waals surface area (Å²) in [6, 6.07) is 6.81. The van der Waals surface area contributed by atoms with E-state index in [1.807, 2.05) is 0 Å². The summed E-state index contributed by atoms with van der Waals surface area (Å²) in [6.45, 7) is 1.08. The molecular formula is C14H17N3O3. The summed E-state index contributed by atoms with van der Waals surface area (Å²) in [4.78, 5) is 38.6. The van der Waals surface area contributed by atoms with Crippen molar-refractivity contribution in [2.75, 3.05) is 31.6 Å². The predicted molar refractivity (Wildman–Crippen MR) is 74.4 cm³/mol. The molecule has 0 bridgehead atoms. The van der Waals surface area contributed by atoms with Gasteiger partial charge in [0.1, 0.15) is 0 Å². The normalized spacial score (nSPS) is 15.7. The van der Waals surface area contributed by atoms with Gasteiger partial charge in [-0.2, -0.15) is 0 Å². The Morgan fingerprint density at radius 1 is 1.20 bits per heavy atom. The number of piperazine rings is 1. The summed E-state index contributed by atoms with van der Waals surface area (Å²) < 4.78 is 0. The van der Waals surface area contributed by atoms with Crippen molar-refractivity contribution in [3.8, 4) is 0 Å². The zero-order valence-corrected chi connectivity index (χ0v) is 11.3. The molecule has 106 valence electrons. The van der Waals surface area contributed by atoms with Crippen LogP contribution in [0.1, 0.15) is 16.8 Å². The van der Waals surface area contributed by atoms with Crippen molar-refractivity contribution in [1.82, 2.24) is 4.90 Å². The van der Waals surface area contributed by atoms with Crippen LogP contribution in [0.2, 0.25) is 0 Å². The van der Waals surface area contributed by atoms with Gasteiger partial charge in [0.25, 0.3) is 0 Å². The zero-order chi connectivity index (χ0) is 14.7. The largest absolute Gasteiger partial charge is 0.336 e. The second kappa shape index (κ2) is 5.83. The molecule has 0 aromatic heterocycles. The number of Topliss-reactive ketones (excluding diaryl/α,β-unsaturated/α-hetero) is 1. The van der Waals surface area contributed by atoms with Gasteiger partial charge in [-0.3, -0.25) is 14.4 Å². The first-order valence-corrected chi connectivity index (χ1v) is 6.45. The number of hydrogen-bond acceptors (Lipinski definition) is 4. The van der Waals surface area contributed by atoms with E-state index >= 15 is 0 Å². The van der Waals surface area contributed by atoms with Crippen molar-refractivity contribution in [2.45, 2.75) is 6.42 Å². The van der Waals surface area contributed by atoms with Gasteiger partial charge >= 0.3 is 11.8 Å². The van der Waals surface area contributed by atoms with Crippen molar-refractivity contribution in [3.63, 3.8) is 0 Å². The average molecular weight is 275 g/mol. The van der Waals surface area contributed by atoms with Gasteiger partial charge in [0.05, 0.1) is 5.69 Å². The number of benzene rings is 1. The lowest BCUT2D eigenvalue weighted by atomic mass is 10.0. The topological polar surface area (TPSA) is 83.7 Å². The number of rotatable bonds is 4. The zero-order valence-electron chi connectivity index (χ0n) is 11.3. The summed E-state index contributed by atoms with van der Waals surface area (Å²) >= 11 is 0. The van der Waals surface area contributed by atoms with Crippen LogP contribution >= 0.6 is 0 Å². The molecule has 6 heteroatoms. The molecule has 2 N–H and O–H groups in total. The highest BCUT2D eigenvalue weighted by molar-refractivity contribution is 6.41. The fraction of sp³-hybridized carbons (Fsp3) is 0.357. The van der Waals surface area contributed by atoms with Crippen LogP contribution in [-0.4, -0.2) is 49.2 Å². The molecule has 2 rings (SSSR count). The minimum atomic E-state index is -0.605. The van der Waals surface area contributed by atoms with E-state index in [1.54, 1.807) is 31.3 Å². The Morgan fingerprint density at radius 3 is 2.60 bits per heavy atom. The molecule has 1 aromatic rings. The van der Waals surface area contributed by atoms with Crippen LogP contribution in [0.25, 0.3) is 0 Å². The van der Waals surface area contributed by atoms with Crippen molar-refractivity contribution >= 4 is 23.3 Å². The third-order valence-electron chi connectivity index (χ3n) is 3.30. The standard InChI is InChI=1S/C14H17N3O3/c1-16-8-9-17(14(20)13(16)19)11-5-3-2-4-10(11)12(18)6-7-15/h2-5H,6-9,15H2,1H3. The molecule has 1 fully saturated rings. The Labute approximate surface area is 117 Å². The van der Waals surface area contributed by atoms with Gasteiger partial charge in [-0.1, -0.05) is 12.1 Å². The second-order valence-corrected chi connectivity index (χ2v) is 4.66. The average Bonchev–Trinajstić information content (AvgIpc) is 2.45. The maximum atomic E-state index is 12.1. The van der Waals surface area contributed by atoms with E-state index in [0.29, 0.717) is 24.3 Å². The first-order valence-electron chi connectivity index (χ1n) is 6.45. The van der Waals surface area contributed by atoms with Crippen LogP contribution in [-0.2, 0) is 9.59 Å². The molecule has 0 aliphatic carbocycles. The number of ketones is 1. The van der Waals surface area contributed by atoms with E-state index in [0.717, 1.165) is 0 Å². The third kappa shape index (κ3) is 2.55. The minimum absolute atomic E-state index is 0.123. The lowest BCUT2D eigenvalue weighted by molar-refractivity contribution is -0.145. The lowest BCUT2D eigenvalue weighted by Crippen LogP contribution is -2.53. The fourth-order valence-electron chi connectivity index (χ4n) is 2.17. The Bertz CT molecular complexity index is 556. The quantitative estimate of drug-likeness (QED) is 0.620. The number of para-hydroxylation sites is 1. The molecule has 0 radical (unpaired) electrons. The Kier molecular flexibility index (Phi) is 4.14. The molecule has 1 aliphatic heterocycles. The highest BCUT2D eigenvalue weighted by atomic mass is 16.2. The van der Waals surface area contributed by atoms with Crippen LogP contribution in [0.4, 0.5) is 5.69 Å². The molecular weight excluding hydrogens is 258 g/mol. The van der Waals surface area contributed by atoms with Crippen molar-refractivity contribution in [3.05, 3.63) is 29.8 Å². The maximum Gasteiger partial charge on any atom is 0.316 e. The van der Waals surface area contributed by atoms with E-state index in [-0.39, 0.29) is 18.7 Å². The third-order valence-corrected chi connectivity index (χ3v) is 3.30. The van der Waals surface area contributed by atoms with Crippen LogP contribution in [0.15, 0.2) is 24.3 Å². The van der Waals surface area contributed by atoms with E-state index in [2.05, 4.69) is 0 Å². The summed E-state index contributed by atoms with van der Waals surface area (Å²) in [5, 5.41) is 0. The molecule has 0 atom stereocenters. The van der Waals surface area contributed by atoms with Gasteiger partial charge in [0.15, 0.2) is 5.78 Å². The van der Waals surface area contributed by atoms with Crippen molar-refractivity contribution in [2.24, 2.45) is 5.73 Å².